The second-order valence-corrected chi connectivity index (χ2v) is 6.70. The van der Waals surface area contributed by atoms with Gasteiger partial charge in [0.1, 0.15) is 0 Å². The Kier molecular flexibility index (Phi) is 4.22. The van der Waals surface area contributed by atoms with Gasteiger partial charge in [-0.2, -0.15) is 0 Å². The van der Waals surface area contributed by atoms with Gasteiger partial charge in [0.05, 0.1) is 0 Å². The summed E-state index contributed by atoms with van der Waals surface area (Å²) in [5.74, 6) is 16.0. The Balaban J connectivity index is 2.42. The highest BCUT2D eigenvalue weighted by Crippen LogP contribution is 2.38. The molecule has 0 fully saturated rings. The van der Waals surface area contributed by atoms with Gasteiger partial charge in [0.25, 0.3) is 0 Å². The van der Waals surface area contributed by atoms with Crippen LogP contribution < -0.4 is 0 Å². The van der Waals surface area contributed by atoms with E-state index in [0.29, 0.717) is 33.4 Å². The minimum Gasteiger partial charge on any atom is -0.115 e. The first-order valence-electron chi connectivity index (χ1n) is 8.95. The zero-order chi connectivity index (χ0) is 21.4. The molecule has 0 unspecified atom stereocenters. The van der Waals surface area contributed by atoms with E-state index in [0.717, 1.165) is 32.3 Å². The lowest BCUT2D eigenvalue weighted by Crippen LogP contribution is -1.93. The molecule has 0 aliphatic heterocycles. The number of terminal acetylenes is 6. The molecule has 4 aromatic carbocycles. The lowest BCUT2D eigenvalue weighted by molar-refractivity contribution is 1.62. The number of fused-ring (bicyclic) bond motifs is 6. The summed E-state index contributed by atoms with van der Waals surface area (Å²) in [6.07, 6.45) is 34.2. The van der Waals surface area contributed by atoms with Crippen molar-refractivity contribution >= 4 is 32.3 Å². The highest BCUT2D eigenvalue weighted by molar-refractivity contribution is 6.26. The van der Waals surface area contributed by atoms with E-state index in [1.807, 2.05) is 36.4 Å². The fourth-order valence-electron chi connectivity index (χ4n) is 3.85. The number of hydrogen-bond donors (Lipinski definition) is 0. The highest BCUT2D eigenvalue weighted by atomic mass is 14.2. The van der Waals surface area contributed by atoms with Gasteiger partial charge in [0.2, 0.25) is 0 Å². The third-order valence-electron chi connectivity index (χ3n) is 5.28. The minimum atomic E-state index is 0.631. The van der Waals surface area contributed by atoms with Crippen molar-refractivity contribution in [1.29, 1.82) is 0 Å². The molecule has 4 rings (SSSR count). The molecule has 0 atom stereocenters. The molecule has 0 aliphatic carbocycles. The van der Waals surface area contributed by atoms with Gasteiger partial charge < -0.3 is 0 Å². The molecule has 0 saturated carbocycles. The fraction of sp³-hybridized carbons (Fsp3) is 0. The summed E-state index contributed by atoms with van der Waals surface area (Å²) >= 11 is 0. The highest BCUT2D eigenvalue weighted by Gasteiger charge is 2.15. The molecular formula is C30H12. The van der Waals surface area contributed by atoms with Gasteiger partial charge in [-0.15, -0.1) is 38.5 Å². The Labute approximate surface area is 176 Å². The van der Waals surface area contributed by atoms with Crippen LogP contribution >= 0.6 is 0 Å². The van der Waals surface area contributed by atoms with Crippen LogP contribution in [0.4, 0.5) is 0 Å². The molecule has 30 heavy (non-hydrogen) atoms. The van der Waals surface area contributed by atoms with Crippen molar-refractivity contribution in [2.45, 2.75) is 0 Å². The summed E-state index contributed by atoms with van der Waals surface area (Å²) in [4.78, 5) is 0. The lowest BCUT2D eigenvalue weighted by atomic mass is 9.87. The van der Waals surface area contributed by atoms with E-state index in [2.05, 4.69) is 35.5 Å². The summed E-state index contributed by atoms with van der Waals surface area (Å²) in [7, 11) is 0. The molecule has 0 N–H and O–H groups in total. The molecule has 0 amide bonds. The van der Waals surface area contributed by atoms with E-state index in [-0.39, 0.29) is 0 Å². The van der Waals surface area contributed by atoms with E-state index in [1.54, 1.807) is 0 Å². The topological polar surface area (TPSA) is 0 Å². The zero-order valence-corrected chi connectivity index (χ0v) is 15.9. The Morgan fingerprint density at radius 1 is 0.300 bits per heavy atom. The standard InChI is InChI=1S/C30H12/c1-7-19-13-25-26(14-20(19)8-2)28-16-22(10-4)24(12-6)18-30(28)29-17-23(11-5)21(9-3)15-27(25)29/h1-6,13-18H. The van der Waals surface area contributed by atoms with Crippen molar-refractivity contribution in [1.82, 2.24) is 0 Å². The molecular weight excluding hydrogens is 360 g/mol. The lowest BCUT2D eigenvalue weighted by Gasteiger charge is -2.14. The zero-order valence-electron chi connectivity index (χ0n) is 15.9. The molecule has 0 radical (unpaired) electrons. The van der Waals surface area contributed by atoms with Gasteiger partial charge in [-0.25, -0.2) is 0 Å². The number of hydrogen-bond acceptors (Lipinski definition) is 0. The predicted octanol–water partition coefficient (Wildman–Crippen LogP) is 5.03. The maximum atomic E-state index is 5.71. The number of rotatable bonds is 0. The largest absolute Gasteiger partial charge is 0.115 e. The van der Waals surface area contributed by atoms with Crippen molar-refractivity contribution in [2.75, 3.05) is 0 Å². The third-order valence-corrected chi connectivity index (χ3v) is 5.28. The fourth-order valence-corrected chi connectivity index (χ4v) is 3.85. The molecule has 0 heterocycles. The number of benzene rings is 4. The maximum absolute atomic E-state index is 5.71. The van der Waals surface area contributed by atoms with E-state index in [1.165, 1.54) is 0 Å². The Hall–Kier alpha value is -4.98. The Morgan fingerprint density at radius 3 is 0.533 bits per heavy atom. The van der Waals surface area contributed by atoms with Crippen molar-refractivity contribution in [3.63, 3.8) is 0 Å². The van der Waals surface area contributed by atoms with Gasteiger partial charge in [-0.1, -0.05) is 35.5 Å². The minimum absolute atomic E-state index is 0.631. The molecule has 0 saturated heterocycles. The van der Waals surface area contributed by atoms with E-state index in [9.17, 15) is 0 Å². The monoisotopic (exact) mass is 372 g/mol. The van der Waals surface area contributed by atoms with Crippen molar-refractivity contribution in [2.24, 2.45) is 0 Å². The average Bonchev–Trinajstić information content (AvgIpc) is 2.81. The van der Waals surface area contributed by atoms with Crippen molar-refractivity contribution < 1.29 is 0 Å². The van der Waals surface area contributed by atoms with Crippen LogP contribution in [0.2, 0.25) is 0 Å². The van der Waals surface area contributed by atoms with E-state index in [4.69, 9.17) is 38.5 Å². The van der Waals surface area contributed by atoms with Gasteiger partial charge in [-0.3, -0.25) is 0 Å². The molecule has 4 aromatic rings. The second-order valence-electron chi connectivity index (χ2n) is 6.70. The molecule has 0 aromatic heterocycles. The van der Waals surface area contributed by atoms with Crippen LogP contribution in [0.3, 0.4) is 0 Å². The summed E-state index contributed by atoms with van der Waals surface area (Å²) in [5, 5.41) is 5.51. The van der Waals surface area contributed by atoms with Gasteiger partial charge >= 0.3 is 0 Å². The van der Waals surface area contributed by atoms with Crippen LogP contribution in [0.5, 0.6) is 0 Å². The smallest absolute Gasteiger partial charge is 0.0405 e. The van der Waals surface area contributed by atoms with Crippen LogP contribution in [0.25, 0.3) is 32.3 Å². The molecule has 0 aliphatic rings. The Morgan fingerprint density at radius 2 is 0.433 bits per heavy atom. The molecule has 0 bridgehead atoms. The van der Waals surface area contributed by atoms with Gasteiger partial charge in [-0.05, 0) is 68.7 Å². The summed E-state index contributed by atoms with van der Waals surface area (Å²) in [5.41, 5.74) is 3.79. The second kappa shape index (κ2) is 6.88. The third kappa shape index (κ3) is 2.49. The van der Waals surface area contributed by atoms with Crippen molar-refractivity contribution in [3.8, 4) is 74.1 Å². The van der Waals surface area contributed by atoms with E-state index >= 15 is 0 Å². The van der Waals surface area contributed by atoms with Gasteiger partial charge in [0.15, 0.2) is 0 Å². The SMILES string of the molecule is C#Cc1cc2c3cc(C#C)c(C#C)cc3c3cc(C#C)c(C#C)cc3c2cc1C#C. The summed E-state index contributed by atoms with van der Waals surface area (Å²) < 4.78 is 0. The van der Waals surface area contributed by atoms with E-state index < -0.39 is 0 Å². The summed E-state index contributed by atoms with van der Waals surface area (Å²) in [6, 6.07) is 11.5. The summed E-state index contributed by atoms with van der Waals surface area (Å²) in [6.45, 7) is 0. The predicted molar refractivity (Wildman–Crippen MR) is 127 cm³/mol. The van der Waals surface area contributed by atoms with Gasteiger partial charge in [0, 0.05) is 33.4 Å². The quantitative estimate of drug-likeness (QED) is 0.300. The van der Waals surface area contributed by atoms with Crippen molar-refractivity contribution in [3.05, 3.63) is 69.8 Å². The van der Waals surface area contributed by atoms with Crippen LogP contribution in [0.1, 0.15) is 33.4 Å². The first-order valence-corrected chi connectivity index (χ1v) is 8.95. The first kappa shape index (κ1) is 18.4. The molecule has 0 nitrogen and oxygen atoms in total. The Bertz CT molecular complexity index is 1320. The average molecular weight is 372 g/mol. The maximum Gasteiger partial charge on any atom is 0.0405 e. The van der Waals surface area contributed by atoms with Crippen LogP contribution in [-0.2, 0) is 0 Å². The normalized spacial score (nSPS) is 9.80. The van der Waals surface area contributed by atoms with Crippen LogP contribution in [0.15, 0.2) is 36.4 Å². The van der Waals surface area contributed by atoms with Crippen LogP contribution in [0, 0.1) is 74.1 Å². The van der Waals surface area contributed by atoms with Crippen LogP contribution in [-0.4, -0.2) is 0 Å². The molecule has 0 heteroatoms. The molecule has 0 spiro atoms. The first-order chi connectivity index (χ1) is 14.6. The molecule has 132 valence electrons.